The van der Waals surface area contributed by atoms with E-state index >= 15 is 0 Å². The van der Waals surface area contributed by atoms with Crippen LogP contribution in [0.15, 0.2) is 0 Å². The maximum atomic E-state index is 13.4. The van der Waals surface area contributed by atoms with E-state index in [2.05, 4.69) is 11.4 Å². The first-order valence-corrected chi connectivity index (χ1v) is 10.3. The van der Waals surface area contributed by atoms with Crippen molar-refractivity contribution in [2.75, 3.05) is 20.1 Å². The van der Waals surface area contributed by atoms with Crippen LogP contribution in [0.3, 0.4) is 0 Å². The first-order valence-electron chi connectivity index (χ1n) is 10.3. The Morgan fingerprint density at radius 2 is 2.03 bits per heavy atom. The van der Waals surface area contributed by atoms with E-state index in [0.717, 1.165) is 12.8 Å². The van der Waals surface area contributed by atoms with Gasteiger partial charge in [0.05, 0.1) is 12.1 Å². The molecule has 0 radical (unpaired) electrons. The van der Waals surface area contributed by atoms with Crippen LogP contribution in [0, 0.1) is 17.2 Å². The van der Waals surface area contributed by atoms with Crippen LogP contribution in [0.4, 0.5) is 4.79 Å². The molecule has 9 heteroatoms. The predicted octanol–water partition coefficient (Wildman–Crippen LogP) is 0.308. The van der Waals surface area contributed by atoms with Crippen molar-refractivity contribution in [3.63, 3.8) is 0 Å². The van der Waals surface area contributed by atoms with Gasteiger partial charge in [-0.25, -0.2) is 4.79 Å². The zero-order valence-corrected chi connectivity index (χ0v) is 17.4. The Morgan fingerprint density at radius 3 is 2.62 bits per heavy atom. The van der Waals surface area contributed by atoms with Crippen LogP contribution in [-0.4, -0.2) is 88.6 Å². The zero-order chi connectivity index (χ0) is 21.1. The molecule has 4 fully saturated rings. The maximum absolute atomic E-state index is 13.4. The van der Waals surface area contributed by atoms with Crippen LogP contribution in [0.2, 0.25) is 0 Å². The Hall–Kier alpha value is -2.34. The van der Waals surface area contributed by atoms with E-state index in [4.69, 9.17) is 4.74 Å². The molecule has 0 aromatic heterocycles. The highest BCUT2D eigenvalue weighted by Gasteiger charge is 2.56. The third kappa shape index (κ3) is 3.66. The van der Waals surface area contributed by atoms with E-state index in [-0.39, 0.29) is 36.5 Å². The third-order valence-corrected chi connectivity index (χ3v) is 6.48. The van der Waals surface area contributed by atoms with Crippen LogP contribution >= 0.6 is 0 Å². The SMILES string of the molecule is CN1C(=O)C2C[C@H]1CN2CC(NC(=O)OC(C)(C)C)C(=O)N1C(C#N)CC2CC21. The predicted molar refractivity (Wildman–Crippen MR) is 102 cm³/mol. The first-order chi connectivity index (χ1) is 13.6. The minimum absolute atomic E-state index is 0.0584. The average molecular weight is 403 g/mol. The Bertz CT molecular complexity index is 772. The number of carbonyl (C=O) groups excluding carboxylic acids is 3. The summed E-state index contributed by atoms with van der Waals surface area (Å²) in [5.41, 5.74) is -0.687. The second kappa shape index (κ2) is 6.87. The van der Waals surface area contributed by atoms with Gasteiger partial charge in [0.1, 0.15) is 17.7 Å². The van der Waals surface area contributed by atoms with Crippen LogP contribution in [0.5, 0.6) is 0 Å². The number of ether oxygens (including phenoxy) is 1. The van der Waals surface area contributed by atoms with Gasteiger partial charge in [-0.3, -0.25) is 14.5 Å². The summed E-state index contributed by atoms with van der Waals surface area (Å²) in [4.78, 5) is 43.6. The standard InChI is InChI=1S/C20H29N5O4/c1-20(2,3)29-19(28)22-14(10-24-9-13-7-16(24)18(27)23(13)4)17(26)25-12(8-21)5-11-6-15(11)25/h11-16H,5-7,9-10H2,1-4H3,(H,22,28)/t11?,12?,13-,14?,15?,16?/m0/s1. The minimum atomic E-state index is -0.850. The number of carbonyl (C=O) groups is 3. The molecule has 4 aliphatic rings. The second-order valence-electron chi connectivity index (χ2n) is 9.70. The van der Waals surface area contributed by atoms with Crippen LogP contribution < -0.4 is 5.32 Å². The van der Waals surface area contributed by atoms with Gasteiger partial charge in [-0.05, 0) is 46.0 Å². The molecule has 4 rings (SSSR count). The van der Waals surface area contributed by atoms with Crippen molar-refractivity contribution in [2.45, 2.75) is 75.8 Å². The number of fused-ring (bicyclic) bond motifs is 3. The lowest BCUT2D eigenvalue weighted by Gasteiger charge is -2.35. The summed E-state index contributed by atoms with van der Waals surface area (Å²) in [6.45, 7) is 6.21. The summed E-state index contributed by atoms with van der Waals surface area (Å²) >= 11 is 0. The van der Waals surface area contributed by atoms with Gasteiger partial charge in [0.2, 0.25) is 11.8 Å². The first kappa shape index (κ1) is 20.0. The van der Waals surface area contributed by atoms with E-state index in [1.165, 1.54) is 0 Å². The topological polar surface area (TPSA) is 106 Å². The van der Waals surface area contributed by atoms with Gasteiger partial charge in [-0.2, -0.15) is 5.26 Å². The van der Waals surface area contributed by atoms with E-state index in [0.29, 0.717) is 18.9 Å². The van der Waals surface area contributed by atoms with Crippen molar-refractivity contribution in [3.8, 4) is 6.07 Å². The van der Waals surface area contributed by atoms with Gasteiger partial charge < -0.3 is 19.9 Å². The van der Waals surface area contributed by atoms with E-state index in [1.54, 1.807) is 37.6 Å². The second-order valence-corrected chi connectivity index (χ2v) is 9.70. The molecule has 9 nitrogen and oxygen atoms in total. The van der Waals surface area contributed by atoms with Crippen LogP contribution in [0.25, 0.3) is 0 Å². The molecular formula is C20H29N5O4. The lowest BCUT2D eigenvalue weighted by molar-refractivity contribution is -0.139. The van der Waals surface area contributed by atoms with Gasteiger partial charge in [0.25, 0.3) is 0 Å². The fourth-order valence-corrected chi connectivity index (χ4v) is 4.97. The molecule has 158 valence electrons. The van der Waals surface area contributed by atoms with Crippen molar-refractivity contribution >= 4 is 17.9 Å². The molecule has 5 unspecified atom stereocenters. The van der Waals surface area contributed by atoms with Crippen LogP contribution in [0.1, 0.15) is 40.0 Å². The molecule has 0 spiro atoms. The molecule has 0 aromatic rings. The number of rotatable bonds is 4. The summed E-state index contributed by atoms with van der Waals surface area (Å²) in [7, 11) is 1.81. The molecule has 3 amide bonds. The van der Waals surface area contributed by atoms with Gasteiger partial charge in [0, 0.05) is 32.2 Å². The molecule has 1 N–H and O–H groups in total. The highest BCUT2D eigenvalue weighted by molar-refractivity contribution is 5.88. The van der Waals surface area contributed by atoms with Gasteiger partial charge in [-0.1, -0.05) is 0 Å². The van der Waals surface area contributed by atoms with Crippen molar-refractivity contribution in [3.05, 3.63) is 0 Å². The third-order valence-electron chi connectivity index (χ3n) is 6.48. The summed E-state index contributed by atoms with van der Waals surface area (Å²) in [6.07, 6.45) is 1.70. The number of hydrogen-bond donors (Lipinski definition) is 1. The molecule has 3 aliphatic heterocycles. The lowest BCUT2D eigenvalue weighted by atomic mass is 10.1. The number of likely N-dealkylation sites (tertiary alicyclic amines) is 3. The lowest BCUT2D eigenvalue weighted by Crippen LogP contribution is -2.59. The van der Waals surface area contributed by atoms with Crippen LogP contribution in [-0.2, 0) is 14.3 Å². The monoisotopic (exact) mass is 403 g/mol. The Labute approximate surface area is 170 Å². The molecule has 29 heavy (non-hydrogen) atoms. The number of nitrogens with one attached hydrogen (secondary N) is 1. The largest absolute Gasteiger partial charge is 0.444 e. The van der Waals surface area contributed by atoms with E-state index in [9.17, 15) is 19.6 Å². The summed E-state index contributed by atoms with van der Waals surface area (Å²) in [6, 6.07) is 0.920. The summed E-state index contributed by atoms with van der Waals surface area (Å²) < 4.78 is 5.36. The van der Waals surface area contributed by atoms with Crippen molar-refractivity contribution in [2.24, 2.45) is 5.92 Å². The molecule has 0 aromatic carbocycles. The zero-order valence-electron chi connectivity index (χ0n) is 17.4. The van der Waals surface area contributed by atoms with E-state index in [1.807, 2.05) is 4.90 Å². The number of likely N-dealkylation sites (N-methyl/N-ethyl adjacent to an activating group) is 1. The normalized spacial score (nSPS) is 34.0. The number of nitriles is 1. The molecule has 1 aliphatic carbocycles. The molecule has 3 saturated heterocycles. The average Bonchev–Trinajstić information content (AvgIpc) is 2.98. The minimum Gasteiger partial charge on any atom is -0.444 e. The van der Waals surface area contributed by atoms with Crippen molar-refractivity contribution in [1.82, 2.24) is 20.0 Å². The number of alkyl carbamates (subject to hydrolysis) is 1. The van der Waals surface area contributed by atoms with Gasteiger partial charge in [0.15, 0.2) is 0 Å². The number of nitrogens with zero attached hydrogens (tertiary/aromatic N) is 4. The molecule has 2 bridgehead atoms. The smallest absolute Gasteiger partial charge is 0.408 e. The Kier molecular flexibility index (Phi) is 4.73. The molecular weight excluding hydrogens is 374 g/mol. The quantitative estimate of drug-likeness (QED) is 0.724. The Morgan fingerprint density at radius 1 is 1.31 bits per heavy atom. The van der Waals surface area contributed by atoms with Crippen molar-refractivity contribution in [1.29, 1.82) is 5.26 Å². The van der Waals surface area contributed by atoms with E-state index < -0.39 is 23.8 Å². The fourth-order valence-electron chi connectivity index (χ4n) is 4.97. The highest BCUT2D eigenvalue weighted by Crippen LogP contribution is 2.47. The molecule has 1 saturated carbocycles. The number of amides is 3. The maximum Gasteiger partial charge on any atom is 0.408 e. The summed E-state index contributed by atoms with van der Waals surface area (Å²) in [5.74, 6) is 0.197. The number of piperazine rings is 1. The summed E-state index contributed by atoms with van der Waals surface area (Å²) in [5, 5.41) is 12.2. The molecule has 3 heterocycles. The fraction of sp³-hybridized carbons (Fsp3) is 0.800. The number of piperidine rings is 1. The highest BCUT2D eigenvalue weighted by atomic mass is 16.6. The Balaban J connectivity index is 1.50. The molecule has 6 atom stereocenters. The van der Waals surface area contributed by atoms with Gasteiger partial charge in [-0.15, -0.1) is 0 Å². The number of hydrogen-bond acceptors (Lipinski definition) is 6. The van der Waals surface area contributed by atoms with Crippen molar-refractivity contribution < 1.29 is 19.1 Å². The van der Waals surface area contributed by atoms with Gasteiger partial charge >= 0.3 is 6.09 Å².